The van der Waals surface area contributed by atoms with Crippen LogP contribution in [-0.2, 0) is 0 Å². The fourth-order valence-corrected chi connectivity index (χ4v) is 1.73. The van der Waals surface area contributed by atoms with E-state index in [-0.39, 0.29) is 0 Å². The van der Waals surface area contributed by atoms with Crippen molar-refractivity contribution in [1.29, 1.82) is 0 Å². The second kappa shape index (κ2) is 7.18. The molecule has 0 spiro atoms. The van der Waals surface area contributed by atoms with Gasteiger partial charge in [-0.15, -0.1) is 0 Å². The van der Waals surface area contributed by atoms with Gasteiger partial charge < -0.3 is 15.2 Å². The van der Waals surface area contributed by atoms with E-state index in [2.05, 4.69) is 5.10 Å². The van der Waals surface area contributed by atoms with E-state index in [0.717, 1.165) is 14.1 Å². The molecule has 0 radical (unpaired) electrons. The molecule has 162 valence electrons. The first-order chi connectivity index (χ1) is 11.5. The average molecular weight is 432 g/mol. The van der Waals surface area contributed by atoms with Gasteiger partial charge in [-0.3, -0.25) is 0 Å². The van der Waals surface area contributed by atoms with E-state index >= 15 is 0 Å². The number of alkyl halides is 12. The van der Waals surface area contributed by atoms with E-state index in [1.165, 1.54) is 0 Å². The Hall–Kier alpha value is -1.45. The lowest BCUT2D eigenvalue weighted by Crippen LogP contribution is -2.61. The summed E-state index contributed by atoms with van der Waals surface area (Å²) in [4.78, 5) is 0. The zero-order valence-corrected chi connectivity index (χ0v) is 13.2. The minimum atomic E-state index is -6.52. The Balaban J connectivity index is 6.34. The van der Waals surface area contributed by atoms with E-state index in [4.69, 9.17) is 10.2 Å². The summed E-state index contributed by atoms with van der Waals surface area (Å²) in [5, 5.41) is 21.0. The van der Waals surface area contributed by atoms with Crippen molar-refractivity contribution in [2.75, 3.05) is 14.1 Å². The van der Waals surface area contributed by atoms with Crippen LogP contribution in [0.4, 0.5) is 52.7 Å². The van der Waals surface area contributed by atoms with Gasteiger partial charge in [0.05, 0.1) is 0 Å². The fraction of sp³-hybridized carbons (Fsp3) is 0.909. The molecule has 27 heavy (non-hydrogen) atoms. The van der Waals surface area contributed by atoms with E-state index in [1.54, 1.807) is 0 Å². The van der Waals surface area contributed by atoms with Crippen LogP contribution in [0.5, 0.6) is 0 Å². The van der Waals surface area contributed by atoms with Crippen molar-refractivity contribution in [2.24, 2.45) is 5.10 Å². The van der Waals surface area contributed by atoms with Crippen molar-refractivity contribution in [1.82, 2.24) is 5.01 Å². The van der Waals surface area contributed by atoms with Crippen LogP contribution in [0, 0.1) is 0 Å². The standard InChI is InChI=1S/C11H12F12N2O2/c1-25(2)24-5(3-6(26,8(12,13)14)9(15,16)17)4-7(27,10(18,19)20)11(21,22)23/h26-27H,3-4H2,1-2H3. The highest BCUT2D eigenvalue weighted by atomic mass is 19.4. The zero-order valence-electron chi connectivity index (χ0n) is 13.2. The predicted molar refractivity (Wildman–Crippen MR) is 64.5 cm³/mol. The lowest BCUT2D eigenvalue weighted by atomic mass is 9.87. The smallest absolute Gasteiger partial charge is 0.373 e. The van der Waals surface area contributed by atoms with E-state index in [0.29, 0.717) is 5.01 Å². The molecule has 0 unspecified atom stereocenters. The van der Waals surface area contributed by atoms with Crippen LogP contribution >= 0.6 is 0 Å². The average Bonchev–Trinajstić information content (AvgIpc) is 2.31. The molecule has 0 saturated heterocycles. The summed E-state index contributed by atoms with van der Waals surface area (Å²) in [6.45, 7) is 0. The number of aliphatic hydroxyl groups is 2. The molecule has 2 N–H and O–H groups in total. The monoisotopic (exact) mass is 432 g/mol. The molecular formula is C11H12F12N2O2. The van der Waals surface area contributed by atoms with E-state index in [9.17, 15) is 52.7 Å². The van der Waals surface area contributed by atoms with Gasteiger partial charge in [0.15, 0.2) is 0 Å². The third-order valence-electron chi connectivity index (χ3n) is 3.14. The molecule has 0 bridgehead atoms. The summed E-state index contributed by atoms with van der Waals surface area (Å²) in [6, 6.07) is 0. The summed E-state index contributed by atoms with van der Waals surface area (Å²) in [5.41, 5.74) is -13.4. The fourth-order valence-electron chi connectivity index (χ4n) is 1.73. The van der Waals surface area contributed by atoms with Gasteiger partial charge >= 0.3 is 24.7 Å². The Bertz CT molecular complexity index is 474. The van der Waals surface area contributed by atoms with Crippen molar-refractivity contribution in [3.63, 3.8) is 0 Å². The van der Waals surface area contributed by atoms with Crippen molar-refractivity contribution < 1.29 is 62.9 Å². The Morgan fingerprint density at radius 1 is 0.630 bits per heavy atom. The number of hydrazone groups is 1. The Labute approximate surface area is 143 Å². The molecule has 0 aliphatic rings. The topological polar surface area (TPSA) is 56.1 Å². The molecule has 4 nitrogen and oxygen atoms in total. The molecule has 0 saturated carbocycles. The van der Waals surface area contributed by atoms with Crippen molar-refractivity contribution in [3.05, 3.63) is 0 Å². The number of hydrogen-bond acceptors (Lipinski definition) is 4. The van der Waals surface area contributed by atoms with Gasteiger partial charge in [-0.2, -0.15) is 57.8 Å². The maximum absolute atomic E-state index is 12.7. The first kappa shape index (κ1) is 25.6. The maximum Gasteiger partial charge on any atom is 0.426 e. The molecule has 16 heteroatoms. The molecule has 0 aromatic rings. The van der Waals surface area contributed by atoms with E-state index in [1.807, 2.05) is 0 Å². The second-order valence-electron chi connectivity index (χ2n) is 5.58. The number of rotatable bonds is 5. The quantitative estimate of drug-likeness (QED) is 0.398. The SMILES string of the molecule is CN(C)N=C(CC(O)(C(F)(F)F)C(F)(F)F)CC(O)(C(F)(F)F)C(F)(F)F. The molecule has 0 atom stereocenters. The molecule has 0 aliphatic carbocycles. The lowest BCUT2D eigenvalue weighted by molar-refractivity contribution is -0.369. The van der Waals surface area contributed by atoms with Gasteiger partial charge in [0.1, 0.15) is 0 Å². The minimum Gasteiger partial charge on any atom is -0.373 e. The Morgan fingerprint density at radius 3 is 1.00 bits per heavy atom. The lowest BCUT2D eigenvalue weighted by Gasteiger charge is -2.36. The molecule has 0 aromatic heterocycles. The van der Waals surface area contributed by atoms with Crippen molar-refractivity contribution >= 4 is 5.71 Å². The van der Waals surface area contributed by atoms with Crippen LogP contribution in [0.2, 0.25) is 0 Å². The maximum atomic E-state index is 12.7. The van der Waals surface area contributed by atoms with Crippen LogP contribution in [0.3, 0.4) is 0 Å². The normalized spacial score (nSPS) is 15.0. The molecular weight excluding hydrogens is 420 g/mol. The molecule has 0 aromatic carbocycles. The van der Waals surface area contributed by atoms with Gasteiger partial charge in [-0.1, -0.05) is 0 Å². The molecule has 0 heterocycles. The third-order valence-corrected chi connectivity index (χ3v) is 3.14. The number of hydrogen-bond donors (Lipinski definition) is 2. The molecule has 0 aliphatic heterocycles. The van der Waals surface area contributed by atoms with Gasteiger partial charge in [0.2, 0.25) is 0 Å². The molecule has 0 amide bonds. The third kappa shape index (κ3) is 5.30. The predicted octanol–water partition coefficient (Wildman–Crippen LogP) is 3.40. The van der Waals surface area contributed by atoms with Crippen molar-refractivity contribution in [2.45, 2.75) is 48.7 Å². The minimum absolute atomic E-state index is 0.301. The van der Waals surface area contributed by atoms with Gasteiger partial charge in [0, 0.05) is 32.6 Å². The van der Waals surface area contributed by atoms with Gasteiger partial charge in [-0.05, 0) is 0 Å². The van der Waals surface area contributed by atoms with Crippen LogP contribution in [0.1, 0.15) is 12.8 Å². The number of nitrogens with zero attached hydrogens (tertiary/aromatic N) is 2. The Kier molecular flexibility index (Phi) is 6.79. The van der Waals surface area contributed by atoms with Crippen LogP contribution in [0.15, 0.2) is 5.10 Å². The zero-order chi connectivity index (χ0) is 22.3. The second-order valence-corrected chi connectivity index (χ2v) is 5.58. The summed E-state index contributed by atoms with van der Waals surface area (Å²) in [7, 11) is 1.53. The first-order valence-electron chi connectivity index (χ1n) is 6.45. The van der Waals surface area contributed by atoms with Crippen LogP contribution < -0.4 is 0 Å². The number of halogens is 12. The van der Waals surface area contributed by atoms with Crippen LogP contribution in [-0.4, -0.2) is 70.9 Å². The largest absolute Gasteiger partial charge is 0.426 e. The summed E-state index contributed by atoms with van der Waals surface area (Å²) < 4.78 is 152. The van der Waals surface area contributed by atoms with E-state index < -0.39 is 54.5 Å². The molecule has 0 rings (SSSR count). The highest BCUT2D eigenvalue weighted by Crippen LogP contribution is 2.49. The van der Waals surface area contributed by atoms with Gasteiger partial charge in [-0.25, -0.2) is 0 Å². The van der Waals surface area contributed by atoms with Crippen molar-refractivity contribution in [3.8, 4) is 0 Å². The Morgan fingerprint density at radius 2 is 0.852 bits per heavy atom. The van der Waals surface area contributed by atoms with Crippen LogP contribution in [0.25, 0.3) is 0 Å². The summed E-state index contributed by atoms with van der Waals surface area (Å²) in [6.07, 6.45) is -31.7. The summed E-state index contributed by atoms with van der Waals surface area (Å²) in [5.74, 6) is 0. The highest BCUT2D eigenvalue weighted by Gasteiger charge is 2.73. The molecule has 0 fully saturated rings. The first-order valence-corrected chi connectivity index (χ1v) is 6.45. The summed E-state index contributed by atoms with van der Waals surface area (Å²) >= 11 is 0. The highest BCUT2D eigenvalue weighted by molar-refractivity contribution is 5.86. The van der Waals surface area contributed by atoms with Gasteiger partial charge in [0.25, 0.3) is 11.2 Å².